The summed E-state index contributed by atoms with van der Waals surface area (Å²) in [5.41, 5.74) is 0. The number of halogens is 4. The molecule has 0 radical (unpaired) electrons. The van der Waals surface area contributed by atoms with Crippen LogP contribution < -0.4 is 5.32 Å². The van der Waals surface area contributed by atoms with Gasteiger partial charge in [-0.2, -0.15) is 13.2 Å². The lowest BCUT2D eigenvalue weighted by Crippen LogP contribution is -2.56. The van der Waals surface area contributed by atoms with Gasteiger partial charge < -0.3 is 10.2 Å². The number of nitrogens with one attached hydrogen (secondary N) is 1. The van der Waals surface area contributed by atoms with E-state index in [9.17, 15) is 13.2 Å². The first kappa shape index (κ1) is 22.5. The highest BCUT2D eigenvalue weighted by Gasteiger charge is 2.41. The summed E-state index contributed by atoms with van der Waals surface area (Å²) in [5, 5.41) is 3.31. The van der Waals surface area contributed by atoms with Crippen LogP contribution in [0.3, 0.4) is 0 Å². The lowest BCUT2D eigenvalue weighted by molar-refractivity contribution is -0.181. The van der Waals surface area contributed by atoms with E-state index >= 15 is 0 Å². The minimum atomic E-state index is -4.17. The van der Waals surface area contributed by atoms with Gasteiger partial charge in [0.2, 0.25) is 0 Å². The molecule has 2 rings (SSSR count). The number of hydrogen-bond acceptors (Lipinski definition) is 3. The highest BCUT2D eigenvalue weighted by molar-refractivity contribution is 14.0. The van der Waals surface area contributed by atoms with Gasteiger partial charge in [0.25, 0.3) is 0 Å². The second-order valence-electron chi connectivity index (χ2n) is 5.86. The summed E-state index contributed by atoms with van der Waals surface area (Å²) in [7, 11) is 1.71. The minimum absolute atomic E-state index is 0. The van der Waals surface area contributed by atoms with Crippen molar-refractivity contribution in [3.05, 3.63) is 21.9 Å². The molecule has 1 atom stereocenters. The van der Waals surface area contributed by atoms with Crippen LogP contribution in [0.1, 0.15) is 23.6 Å². The van der Waals surface area contributed by atoms with E-state index in [2.05, 4.69) is 29.4 Å². The molecule has 0 aromatic carbocycles. The first-order valence-electron chi connectivity index (χ1n) is 8.19. The van der Waals surface area contributed by atoms with Crippen LogP contribution in [-0.2, 0) is 13.0 Å². The highest BCUT2D eigenvalue weighted by Crippen LogP contribution is 2.25. The Hall–Kier alpha value is -0.550. The van der Waals surface area contributed by atoms with Crippen LogP contribution in [0, 0.1) is 0 Å². The maximum Gasteiger partial charge on any atom is 0.403 e. The maximum atomic E-state index is 12.8. The summed E-state index contributed by atoms with van der Waals surface area (Å²) >= 11 is 1.77. The van der Waals surface area contributed by atoms with Crippen LogP contribution in [0.4, 0.5) is 13.2 Å². The summed E-state index contributed by atoms with van der Waals surface area (Å²) in [5.74, 6) is 0.751. The minimum Gasteiger partial charge on any atom is -0.351 e. The van der Waals surface area contributed by atoms with Crippen molar-refractivity contribution >= 4 is 41.3 Å². The van der Waals surface area contributed by atoms with Crippen molar-refractivity contribution in [2.45, 2.75) is 39.0 Å². The molecule has 0 spiro atoms. The first-order chi connectivity index (χ1) is 11.3. The summed E-state index contributed by atoms with van der Waals surface area (Å²) in [6.45, 7) is 5.92. The molecule has 1 aromatic rings. The predicted octanol–water partition coefficient (Wildman–Crippen LogP) is 3.57. The molecular weight excluding hydrogens is 464 g/mol. The molecule has 1 fully saturated rings. The molecule has 0 amide bonds. The smallest absolute Gasteiger partial charge is 0.351 e. The van der Waals surface area contributed by atoms with E-state index in [-0.39, 0.29) is 24.0 Å². The Morgan fingerprint density at radius 3 is 2.32 bits per heavy atom. The normalized spacial score (nSPS) is 18.0. The van der Waals surface area contributed by atoms with Gasteiger partial charge in [-0.1, -0.05) is 6.92 Å². The zero-order valence-electron chi connectivity index (χ0n) is 14.8. The molecule has 144 valence electrons. The van der Waals surface area contributed by atoms with E-state index in [1.807, 2.05) is 4.90 Å². The van der Waals surface area contributed by atoms with Gasteiger partial charge in [-0.05, 0) is 25.5 Å². The topological polar surface area (TPSA) is 30.9 Å². The number of hydrogen-bond donors (Lipinski definition) is 1. The average molecular weight is 490 g/mol. The van der Waals surface area contributed by atoms with E-state index < -0.39 is 12.2 Å². The Kier molecular flexibility index (Phi) is 8.96. The molecule has 25 heavy (non-hydrogen) atoms. The Balaban J connectivity index is 0.00000312. The third-order valence-electron chi connectivity index (χ3n) is 4.33. The standard InChI is InChI=1S/C16H25F3N4S.HI/c1-4-13-5-6-14(24-13)11-21-15(20-3)23-9-7-22(8-10-23)12(2)16(17,18)19;/h5-6,12H,4,7-11H2,1-3H3,(H,20,21);1H. The van der Waals surface area contributed by atoms with Crippen LogP contribution >= 0.6 is 35.3 Å². The zero-order chi connectivity index (χ0) is 17.7. The van der Waals surface area contributed by atoms with Gasteiger partial charge >= 0.3 is 6.18 Å². The van der Waals surface area contributed by atoms with E-state index in [4.69, 9.17) is 0 Å². The van der Waals surface area contributed by atoms with E-state index in [0.717, 1.165) is 12.4 Å². The summed E-state index contributed by atoms with van der Waals surface area (Å²) < 4.78 is 38.4. The number of nitrogens with zero attached hydrogens (tertiary/aromatic N) is 3. The molecule has 4 nitrogen and oxygen atoms in total. The second-order valence-corrected chi connectivity index (χ2v) is 7.12. The number of guanidine groups is 1. The van der Waals surface area contributed by atoms with Gasteiger partial charge in [0.1, 0.15) is 6.04 Å². The molecule has 0 aliphatic carbocycles. The Morgan fingerprint density at radius 1 is 1.24 bits per heavy atom. The van der Waals surface area contributed by atoms with Gasteiger partial charge in [0.05, 0.1) is 6.54 Å². The lowest BCUT2D eigenvalue weighted by atomic mass is 10.2. The number of aliphatic imine (C=N–C) groups is 1. The van der Waals surface area contributed by atoms with Crippen molar-refractivity contribution in [1.82, 2.24) is 15.1 Å². The quantitative estimate of drug-likeness (QED) is 0.398. The fourth-order valence-electron chi connectivity index (χ4n) is 2.73. The number of thiophene rings is 1. The van der Waals surface area contributed by atoms with Gasteiger partial charge in [-0.25, -0.2) is 0 Å². The molecule has 2 heterocycles. The monoisotopic (exact) mass is 490 g/mol. The Bertz CT molecular complexity index is 554. The molecule has 9 heteroatoms. The molecule has 1 saturated heterocycles. The van der Waals surface area contributed by atoms with Crippen molar-refractivity contribution in [3.8, 4) is 0 Å². The largest absolute Gasteiger partial charge is 0.403 e. The van der Waals surface area contributed by atoms with Crippen LogP contribution in [0.2, 0.25) is 0 Å². The third kappa shape index (κ3) is 6.28. The third-order valence-corrected chi connectivity index (χ3v) is 5.56. The number of piperazine rings is 1. The summed E-state index contributed by atoms with van der Waals surface area (Å²) in [6, 6.07) is 2.84. The fraction of sp³-hybridized carbons (Fsp3) is 0.688. The number of alkyl halides is 3. The van der Waals surface area contributed by atoms with E-state index in [1.165, 1.54) is 21.6 Å². The fourth-order valence-corrected chi connectivity index (χ4v) is 3.63. The highest BCUT2D eigenvalue weighted by atomic mass is 127. The molecule has 0 saturated carbocycles. The lowest BCUT2D eigenvalue weighted by Gasteiger charge is -2.39. The molecule has 1 aliphatic heterocycles. The SMILES string of the molecule is CCc1ccc(CNC(=NC)N2CCN(C(C)C(F)(F)F)CC2)s1.I. The van der Waals surface area contributed by atoms with Crippen LogP contribution in [0.15, 0.2) is 17.1 Å². The molecule has 0 bridgehead atoms. The number of aryl methyl sites for hydroxylation is 1. The number of rotatable bonds is 4. The maximum absolute atomic E-state index is 12.8. The summed E-state index contributed by atoms with van der Waals surface area (Å²) in [4.78, 5) is 10.3. The molecule has 1 aromatic heterocycles. The molecule has 1 aliphatic rings. The van der Waals surface area contributed by atoms with Crippen molar-refractivity contribution in [1.29, 1.82) is 0 Å². The summed E-state index contributed by atoms with van der Waals surface area (Å²) in [6.07, 6.45) is -3.14. The Labute approximate surface area is 168 Å². The van der Waals surface area contributed by atoms with Gasteiger partial charge in [-0.15, -0.1) is 35.3 Å². The van der Waals surface area contributed by atoms with E-state index in [1.54, 1.807) is 18.4 Å². The average Bonchev–Trinajstić information content (AvgIpc) is 3.02. The second kappa shape index (κ2) is 9.96. The van der Waals surface area contributed by atoms with Crippen molar-refractivity contribution in [2.75, 3.05) is 33.2 Å². The Morgan fingerprint density at radius 2 is 1.84 bits per heavy atom. The zero-order valence-corrected chi connectivity index (χ0v) is 17.9. The first-order valence-corrected chi connectivity index (χ1v) is 9.00. The molecular formula is C16H26F3IN4S. The molecule has 1 unspecified atom stereocenters. The van der Waals surface area contributed by atoms with Gasteiger partial charge in [0.15, 0.2) is 5.96 Å². The van der Waals surface area contributed by atoms with Gasteiger partial charge in [-0.3, -0.25) is 9.89 Å². The van der Waals surface area contributed by atoms with E-state index in [0.29, 0.717) is 32.7 Å². The van der Waals surface area contributed by atoms with Crippen LogP contribution in [0.25, 0.3) is 0 Å². The van der Waals surface area contributed by atoms with Crippen LogP contribution in [0.5, 0.6) is 0 Å². The van der Waals surface area contributed by atoms with Crippen molar-refractivity contribution < 1.29 is 13.2 Å². The predicted molar refractivity (Wildman–Crippen MR) is 108 cm³/mol. The van der Waals surface area contributed by atoms with Crippen molar-refractivity contribution in [2.24, 2.45) is 4.99 Å². The van der Waals surface area contributed by atoms with Crippen LogP contribution in [-0.4, -0.2) is 61.2 Å². The van der Waals surface area contributed by atoms with Gasteiger partial charge in [0, 0.05) is 43.0 Å². The molecule has 1 N–H and O–H groups in total. The van der Waals surface area contributed by atoms with Crippen molar-refractivity contribution in [3.63, 3.8) is 0 Å².